The van der Waals surface area contributed by atoms with E-state index in [2.05, 4.69) is 27.0 Å². The lowest BCUT2D eigenvalue weighted by molar-refractivity contribution is 0.145. The molecule has 0 unspecified atom stereocenters. The molecule has 0 spiro atoms. The second kappa shape index (κ2) is 9.79. The highest BCUT2D eigenvalue weighted by Crippen LogP contribution is 2.21. The molecular weight excluding hydrogens is 347 g/mol. The average molecular weight is 371 g/mol. The molecule has 2 heterocycles. The Bertz CT molecular complexity index is 616. The maximum absolute atomic E-state index is 9.61. The Kier molecular flexibility index (Phi) is 8.42. The molecule has 1 aliphatic heterocycles. The van der Waals surface area contributed by atoms with Crippen LogP contribution >= 0.6 is 24.8 Å². The molecule has 0 atom stereocenters. The van der Waals surface area contributed by atoms with Gasteiger partial charge < -0.3 is 15.7 Å². The van der Waals surface area contributed by atoms with Gasteiger partial charge in [0.1, 0.15) is 5.82 Å². The summed E-state index contributed by atoms with van der Waals surface area (Å²) in [5.74, 6) is 1.67. The lowest BCUT2D eigenvalue weighted by Crippen LogP contribution is -2.36. The van der Waals surface area contributed by atoms with Crippen molar-refractivity contribution in [3.8, 4) is 11.4 Å². The van der Waals surface area contributed by atoms with E-state index in [1.165, 1.54) is 5.56 Å². The summed E-state index contributed by atoms with van der Waals surface area (Å²) in [7, 11) is 0. The van der Waals surface area contributed by atoms with Crippen molar-refractivity contribution >= 4 is 30.6 Å². The summed E-state index contributed by atoms with van der Waals surface area (Å²) in [6, 6.07) is 10.2. The van der Waals surface area contributed by atoms with Crippen LogP contribution in [0.5, 0.6) is 0 Å². The topological polar surface area (TPSA) is 75.3 Å². The molecule has 3 rings (SSSR count). The first-order chi connectivity index (χ1) is 10.8. The zero-order valence-electron chi connectivity index (χ0n) is 13.5. The van der Waals surface area contributed by atoms with Crippen LogP contribution in [-0.2, 0) is 6.42 Å². The molecule has 1 aromatic carbocycles. The number of aliphatic hydroxyl groups excluding tert-OH is 1. The Morgan fingerprint density at radius 3 is 2.38 bits per heavy atom. The number of piperidine rings is 1. The van der Waals surface area contributed by atoms with Crippen LogP contribution in [0.2, 0.25) is 0 Å². The third-order valence-electron chi connectivity index (χ3n) is 4.07. The molecule has 1 aliphatic rings. The van der Waals surface area contributed by atoms with Crippen molar-refractivity contribution in [3.63, 3.8) is 0 Å². The first-order valence-electron chi connectivity index (χ1n) is 7.81. The van der Waals surface area contributed by atoms with E-state index in [-0.39, 0.29) is 30.9 Å². The van der Waals surface area contributed by atoms with Crippen LogP contribution in [-0.4, -0.2) is 40.8 Å². The van der Waals surface area contributed by atoms with Crippen molar-refractivity contribution < 1.29 is 5.11 Å². The van der Waals surface area contributed by atoms with E-state index in [0.717, 1.165) is 49.6 Å². The summed E-state index contributed by atoms with van der Waals surface area (Å²) in [6.07, 6.45) is 4.11. The zero-order valence-corrected chi connectivity index (χ0v) is 15.1. The minimum atomic E-state index is -0.173. The third kappa shape index (κ3) is 5.05. The fourth-order valence-corrected chi connectivity index (χ4v) is 2.75. The number of halogens is 2. The SMILES string of the molecule is Cl.Cl.NCCc1ccc(-c2nccc(N3CCC(O)CC3)n2)cc1. The number of aromatic nitrogens is 2. The molecule has 1 aromatic heterocycles. The maximum atomic E-state index is 9.61. The van der Waals surface area contributed by atoms with Gasteiger partial charge >= 0.3 is 0 Å². The van der Waals surface area contributed by atoms with E-state index in [9.17, 15) is 5.11 Å². The summed E-state index contributed by atoms with van der Waals surface area (Å²) >= 11 is 0. The van der Waals surface area contributed by atoms with Gasteiger partial charge in [0.2, 0.25) is 0 Å². The van der Waals surface area contributed by atoms with Crippen molar-refractivity contribution in [1.29, 1.82) is 0 Å². The summed E-state index contributed by atoms with van der Waals surface area (Å²) in [6.45, 7) is 2.34. The Labute approximate surface area is 155 Å². The number of hydrogen-bond donors (Lipinski definition) is 2. The normalized spacial score (nSPS) is 14.7. The van der Waals surface area contributed by atoms with Gasteiger partial charge in [0, 0.05) is 24.8 Å². The maximum Gasteiger partial charge on any atom is 0.161 e. The van der Waals surface area contributed by atoms with Gasteiger partial charge in [0.05, 0.1) is 6.10 Å². The fourth-order valence-electron chi connectivity index (χ4n) is 2.75. The quantitative estimate of drug-likeness (QED) is 0.864. The molecule has 5 nitrogen and oxygen atoms in total. The van der Waals surface area contributed by atoms with Crippen molar-refractivity contribution in [1.82, 2.24) is 9.97 Å². The number of aliphatic hydroxyl groups is 1. The van der Waals surface area contributed by atoms with Crippen LogP contribution in [0.15, 0.2) is 36.5 Å². The molecule has 0 amide bonds. The molecule has 132 valence electrons. The smallest absolute Gasteiger partial charge is 0.161 e. The van der Waals surface area contributed by atoms with Crippen LogP contribution in [0.1, 0.15) is 18.4 Å². The Balaban J connectivity index is 0.00000144. The van der Waals surface area contributed by atoms with Gasteiger partial charge in [0.25, 0.3) is 0 Å². The minimum Gasteiger partial charge on any atom is -0.393 e. The number of hydrogen-bond acceptors (Lipinski definition) is 5. The summed E-state index contributed by atoms with van der Waals surface area (Å²) < 4.78 is 0. The molecule has 2 aromatic rings. The third-order valence-corrected chi connectivity index (χ3v) is 4.07. The zero-order chi connectivity index (χ0) is 15.4. The van der Waals surface area contributed by atoms with E-state index in [1.54, 1.807) is 6.20 Å². The van der Waals surface area contributed by atoms with Crippen LogP contribution in [0.4, 0.5) is 5.82 Å². The Hall–Kier alpha value is -1.40. The summed E-state index contributed by atoms with van der Waals surface area (Å²) in [5, 5.41) is 9.61. The fraction of sp³-hybridized carbons (Fsp3) is 0.412. The average Bonchev–Trinajstić information content (AvgIpc) is 2.57. The van der Waals surface area contributed by atoms with Gasteiger partial charge in [-0.1, -0.05) is 24.3 Å². The van der Waals surface area contributed by atoms with E-state index in [0.29, 0.717) is 6.54 Å². The van der Waals surface area contributed by atoms with Crippen LogP contribution in [0.25, 0.3) is 11.4 Å². The molecule has 0 radical (unpaired) electrons. The first-order valence-corrected chi connectivity index (χ1v) is 7.81. The number of nitrogens with zero attached hydrogens (tertiary/aromatic N) is 3. The van der Waals surface area contributed by atoms with E-state index in [4.69, 9.17) is 5.73 Å². The highest BCUT2D eigenvalue weighted by atomic mass is 35.5. The highest BCUT2D eigenvalue weighted by molar-refractivity contribution is 5.85. The summed E-state index contributed by atoms with van der Waals surface area (Å²) in [4.78, 5) is 11.3. The molecule has 1 saturated heterocycles. The second-order valence-corrected chi connectivity index (χ2v) is 5.69. The van der Waals surface area contributed by atoms with Gasteiger partial charge in [0.15, 0.2) is 5.82 Å². The van der Waals surface area contributed by atoms with Gasteiger partial charge in [-0.3, -0.25) is 0 Å². The second-order valence-electron chi connectivity index (χ2n) is 5.69. The molecule has 0 bridgehead atoms. The Morgan fingerprint density at radius 2 is 1.75 bits per heavy atom. The lowest BCUT2D eigenvalue weighted by atomic mass is 10.1. The van der Waals surface area contributed by atoms with Crippen LogP contribution in [0, 0.1) is 0 Å². The van der Waals surface area contributed by atoms with Gasteiger partial charge in [-0.2, -0.15) is 0 Å². The largest absolute Gasteiger partial charge is 0.393 e. The molecule has 1 fully saturated rings. The van der Waals surface area contributed by atoms with E-state index >= 15 is 0 Å². The molecule has 24 heavy (non-hydrogen) atoms. The minimum absolute atomic E-state index is 0. The van der Waals surface area contributed by atoms with Crippen molar-refractivity contribution in [2.75, 3.05) is 24.5 Å². The number of rotatable bonds is 4. The number of nitrogens with two attached hydrogens (primary N) is 1. The van der Waals surface area contributed by atoms with E-state index < -0.39 is 0 Å². The van der Waals surface area contributed by atoms with Gasteiger partial charge in [-0.05, 0) is 37.4 Å². The van der Waals surface area contributed by atoms with Crippen molar-refractivity contribution in [3.05, 3.63) is 42.1 Å². The highest BCUT2D eigenvalue weighted by Gasteiger charge is 2.18. The predicted octanol–water partition coefficient (Wildman–Crippen LogP) is 2.45. The van der Waals surface area contributed by atoms with Gasteiger partial charge in [-0.25, -0.2) is 9.97 Å². The molecule has 3 N–H and O–H groups in total. The Morgan fingerprint density at radius 1 is 1.08 bits per heavy atom. The van der Waals surface area contributed by atoms with Crippen molar-refractivity contribution in [2.24, 2.45) is 5.73 Å². The molecule has 0 aliphatic carbocycles. The van der Waals surface area contributed by atoms with Gasteiger partial charge in [-0.15, -0.1) is 24.8 Å². The standard InChI is InChI=1S/C17H22N4O.2ClH/c18-9-5-13-1-3-14(4-2-13)17-19-10-6-16(20-17)21-11-7-15(22)8-12-21;;/h1-4,6,10,15,22H,5,7-9,11-12,18H2;2*1H. The predicted molar refractivity (Wildman–Crippen MR) is 102 cm³/mol. The lowest BCUT2D eigenvalue weighted by Gasteiger charge is -2.30. The molecular formula is C17H24Cl2N4O. The summed E-state index contributed by atoms with van der Waals surface area (Å²) in [5.41, 5.74) is 7.82. The van der Waals surface area contributed by atoms with Crippen LogP contribution in [0.3, 0.4) is 0 Å². The van der Waals surface area contributed by atoms with E-state index in [1.807, 2.05) is 18.2 Å². The molecule has 0 saturated carbocycles. The van der Waals surface area contributed by atoms with Crippen molar-refractivity contribution in [2.45, 2.75) is 25.4 Å². The monoisotopic (exact) mass is 370 g/mol. The molecule has 7 heteroatoms. The first kappa shape index (κ1) is 20.6. The number of anilines is 1. The number of benzene rings is 1. The van der Waals surface area contributed by atoms with Crippen LogP contribution < -0.4 is 10.6 Å².